The second-order valence-corrected chi connectivity index (χ2v) is 8.02. The molecule has 2 N–H and O–H groups in total. The van der Waals surface area contributed by atoms with Crippen molar-refractivity contribution in [1.29, 1.82) is 0 Å². The molecule has 8 nitrogen and oxygen atoms in total. The molecule has 0 spiro atoms. The molecule has 1 fully saturated rings. The number of benzene rings is 2. The number of anilines is 1. The van der Waals surface area contributed by atoms with Gasteiger partial charge in [-0.1, -0.05) is 6.07 Å². The number of amides is 1. The quantitative estimate of drug-likeness (QED) is 0.414. The Labute approximate surface area is 196 Å². The number of aryl methyl sites for hydroxylation is 2. The first-order valence-corrected chi connectivity index (χ1v) is 10.5. The largest absolute Gasteiger partial charge is 0.319 e. The number of halogens is 2. The van der Waals surface area contributed by atoms with Gasteiger partial charge >= 0.3 is 0 Å². The van der Waals surface area contributed by atoms with Crippen LogP contribution in [0.15, 0.2) is 42.6 Å². The maximum Gasteiger partial charge on any atom is 0.271 e. The summed E-state index contributed by atoms with van der Waals surface area (Å²) in [6, 6.07) is 9.04. The van der Waals surface area contributed by atoms with Gasteiger partial charge in [-0.3, -0.25) is 14.9 Å². The van der Waals surface area contributed by atoms with Crippen molar-refractivity contribution in [2.24, 2.45) is 0 Å². The summed E-state index contributed by atoms with van der Waals surface area (Å²) in [5.74, 6) is -1.20. The first-order chi connectivity index (χ1) is 15.3. The van der Waals surface area contributed by atoms with Crippen LogP contribution in [0.2, 0.25) is 0 Å². The molecule has 3 aromatic rings. The number of nitro benzene ring substituents is 1. The van der Waals surface area contributed by atoms with Gasteiger partial charge in [0.05, 0.1) is 33.8 Å². The van der Waals surface area contributed by atoms with E-state index in [4.69, 9.17) is 0 Å². The van der Waals surface area contributed by atoms with Gasteiger partial charge < -0.3 is 10.6 Å². The molecule has 0 unspecified atom stereocenters. The van der Waals surface area contributed by atoms with Crippen LogP contribution in [0.25, 0.3) is 5.69 Å². The van der Waals surface area contributed by atoms with Crippen molar-refractivity contribution >= 4 is 29.7 Å². The number of nitro groups is 1. The van der Waals surface area contributed by atoms with Crippen LogP contribution in [0.5, 0.6) is 0 Å². The van der Waals surface area contributed by atoms with Gasteiger partial charge in [-0.25, -0.2) is 9.07 Å². The number of rotatable bonds is 5. The topological polar surface area (TPSA) is 102 Å². The number of aromatic nitrogens is 2. The van der Waals surface area contributed by atoms with Crippen LogP contribution in [-0.4, -0.2) is 33.7 Å². The molecule has 1 aromatic heterocycles. The van der Waals surface area contributed by atoms with Crippen molar-refractivity contribution < 1.29 is 14.1 Å². The average molecular weight is 474 g/mol. The summed E-state index contributed by atoms with van der Waals surface area (Å²) < 4.78 is 16.0. The summed E-state index contributed by atoms with van der Waals surface area (Å²) in [6.45, 7) is 5.69. The molecule has 0 aliphatic carbocycles. The number of nitrogens with zero attached hydrogens (tertiary/aromatic N) is 3. The fraction of sp³-hybridized carbons (Fsp3) is 0.304. The van der Waals surface area contributed by atoms with Crippen LogP contribution in [0.4, 0.5) is 15.8 Å². The average Bonchev–Trinajstić information content (AvgIpc) is 3.23. The molecule has 1 aliphatic rings. The Morgan fingerprint density at radius 2 is 1.91 bits per heavy atom. The molecule has 10 heteroatoms. The Hall–Kier alpha value is -3.30. The molecule has 2 heterocycles. The number of carbonyl (C=O) groups excluding carboxylic acids is 1. The Bertz CT molecular complexity index is 1190. The number of piperidine rings is 1. The van der Waals surface area contributed by atoms with E-state index in [1.54, 1.807) is 4.68 Å². The summed E-state index contributed by atoms with van der Waals surface area (Å²) >= 11 is 0. The number of nitrogens with one attached hydrogen (secondary N) is 2. The van der Waals surface area contributed by atoms with E-state index in [0.717, 1.165) is 66.6 Å². The molecule has 1 saturated heterocycles. The van der Waals surface area contributed by atoms with Crippen LogP contribution >= 0.6 is 12.4 Å². The Morgan fingerprint density at radius 1 is 1.18 bits per heavy atom. The molecular formula is C23H25ClFN5O3. The molecule has 4 rings (SSSR count). The second kappa shape index (κ2) is 10.1. The minimum Gasteiger partial charge on any atom is -0.319 e. The van der Waals surface area contributed by atoms with Crippen LogP contribution in [0.3, 0.4) is 0 Å². The second-order valence-electron chi connectivity index (χ2n) is 8.02. The normalized spacial score (nSPS) is 13.9. The van der Waals surface area contributed by atoms with E-state index < -0.39 is 16.6 Å². The van der Waals surface area contributed by atoms with Crippen LogP contribution in [0, 0.1) is 29.8 Å². The molecule has 0 atom stereocenters. The number of non-ortho nitro benzene ring substituents is 1. The lowest BCUT2D eigenvalue weighted by Gasteiger charge is -2.25. The zero-order chi connectivity index (χ0) is 22.8. The van der Waals surface area contributed by atoms with E-state index in [-0.39, 0.29) is 29.7 Å². The van der Waals surface area contributed by atoms with Gasteiger partial charge in [-0.05, 0) is 69.1 Å². The molecule has 0 bridgehead atoms. The highest BCUT2D eigenvalue weighted by Crippen LogP contribution is 2.31. The highest BCUT2D eigenvalue weighted by Gasteiger charge is 2.28. The van der Waals surface area contributed by atoms with Gasteiger partial charge in [0.25, 0.3) is 11.6 Å². The number of hydrogen-bond donors (Lipinski definition) is 2. The maximum atomic E-state index is 14.3. The highest BCUT2D eigenvalue weighted by molar-refractivity contribution is 6.05. The monoisotopic (exact) mass is 473 g/mol. The predicted molar refractivity (Wildman–Crippen MR) is 126 cm³/mol. The fourth-order valence-corrected chi connectivity index (χ4v) is 4.00. The van der Waals surface area contributed by atoms with Crippen molar-refractivity contribution in [2.45, 2.75) is 32.6 Å². The minimum atomic E-state index is -0.742. The van der Waals surface area contributed by atoms with Crippen LogP contribution in [0.1, 0.15) is 45.9 Å². The molecule has 33 heavy (non-hydrogen) atoms. The molecule has 1 amide bonds. The molecule has 0 radical (unpaired) electrons. The molecule has 0 saturated carbocycles. The zero-order valence-corrected chi connectivity index (χ0v) is 19.1. The van der Waals surface area contributed by atoms with Crippen molar-refractivity contribution in [1.82, 2.24) is 15.1 Å². The van der Waals surface area contributed by atoms with Crippen molar-refractivity contribution in [3.8, 4) is 5.69 Å². The summed E-state index contributed by atoms with van der Waals surface area (Å²) in [5.41, 5.74) is 3.68. The van der Waals surface area contributed by atoms with E-state index >= 15 is 0 Å². The first-order valence-electron chi connectivity index (χ1n) is 10.5. The third-order valence-electron chi connectivity index (χ3n) is 5.92. The van der Waals surface area contributed by atoms with E-state index in [1.165, 1.54) is 6.20 Å². The zero-order valence-electron chi connectivity index (χ0n) is 18.3. The van der Waals surface area contributed by atoms with Crippen molar-refractivity contribution in [2.75, 3.05) is 18.4 Å². The van der Waals surface area contributed by atoms with Crippen LogP contribution in [-0.2, 0) is 0 Å². The summed E-state index contributed by atoms with van der Waals surface area (Å²) in [7, 11) is 0. The Balaban J connectivity index is 0.00000306. The van der Waals surface area contributed by atoms with Gasteiger partial charge in [0.15, 0.2) is 0 Å². The summed E-state index contributed by atoms with van der Waals surface area (Å²) in [6.07, 6.45) is 3.15. The fourth-order valence-electron chi connectivity index (χ4n) is 4.00. The van der Waals surface area contributed by atoms with E-state index in [2.05, 4.69) is 15.7 Å². The van der Waals surface area contributed by atoms with Gasteiger partial charge in [0.1, 0.15) is 5.82 Å². The molecule has 2 aromatic carbocycles. The lowest BCUT2D eigenvalue weighted by Crippen LogP contribution is -2.29. The third kappa shape index (κ3) is 5.04. The predicted octanol–water partition coefficient (Wildman–Crippen LogP) is 4.68. The van der Waals surface area contributed by atoms with Crippen LogP contribution < -0.4 is 10.6 Å². The Morgan fingerprint density at radius 3 is 2.58 bits per heavy atom. The minimum absolute atomic E-state index is 0. The smallest absolute Gasteiger partial charge is 0.271 e. The maximum absolute atomic E-state index is 14.3. The molecule has 174 valence electrons. The molecule has 1 aliphatic heterocycles. The van der Waals surface area contributed by atoms with Gasteiger partial charge in [-0.2, -0.15) is 5.10 Å². The molecular weight excluding hydrogens is 449 g/mol. The summed E-state index contributed by atoms with van der Waals surface area (Å²) in [4.78, 5) is 23.6. The van der Waals surface area contributed by atoms with E-state index in [9.17, 15) is 19.3 Å². The van der Waals surface area contributed by atoms with Crippen molar-refractivity contribution in [3.05, 3.63) is 80.9 Å². The third-order valence-corrected chi connectivity index (χ3v) is 5.92. The van der Waals surface area contributed by atoms with Crippen molar-refractivity contribution in [3.63, 3.8) is 0 Å². The number of hydrogen-bond acceptors (Lipinski definition) is 5. The standard InChI is InChI=1S/C23H24FN5O3.ClH/c1-14-3-4-17(11-15(14)2)28-22(16-7-9-25-10-8-16)19(13-26-28)23(30)27-21-12-18(29(31)32)5-6-20(21)24;/h3-6,11-13,16,25H,7-10H2,1-2H3,(H,27,30);1H. The highest BCUT2D eigenvalue weighted by atomic mass is 35.5. The lowest BCUT2D eigenvalue weighted by atomic mass is 9.91. The van der Waals surface area contributed by atoms with Gasteiger partial charge in [0.2, 0.25) is 0 Å². The van der Waals surface area contributed by atoms with E-state index in [0.29, 0.717) is 5.56 Å². The lowest BCUT2D eigenvalue weighted by molar-refractivity contribution is -0.384. The van der Waals surface area contributed by atoms with E-state index in [1.807, 2.05) is 32.0 Å². The Kier molecular flexibility index (Phi) is 7.45. The SMILES string of the molecule is Cc1ccc(-n2ncc(C(=O)Nc3cc([N+](=O)[O-])ccc3F)c2C2CCNCC2)cc1C.Cl. The van der Waals surface area contributed by atoms with Gasteiger partial charge in [0, 0.05) is 18.1 Å². The summed E-state index contributed by atoms with van der Waals surface area (Å²) in [5, 5.41) is 21.4. The first kappa shape index (κ1) is 24.3. The number of carbonyl (C=O) groups is 1. The van der Waals surface area contributed by atoms with Gasteiger partial charge in [-0.15, -0.1) is 12.4 Å².